The van der Waals surface area contributed by atoms with Crippen molar-refractivity contribution in [2.45, 2.75) is 39.2 Å². The highest BCUT2D eigenvalue weighted by atomic mass is 16.5. The van der Waals surface area contributed by atoms with Gasteiger partial charge in [-0.1, -0.05) is 0 Å². The summed E-state index contributed by atoms with van der Waals surface area (Å²) in [4.78, 5) is 0. The Kier molecular flexibility index (Phi) is 5.53. The van der Waals surface area contributed by atoms with Crippen molar-refractivity contribution in [1.82, 2.24) is 20.4 Å². The van der Waals surface area contributed by atoms with Gasteiger partial charge in [-0.05, 0) is 74.7 Å². The molecule has 7 nitrogen and oxygen atoms in total. The van der Waals surface area contributed by atoms with Crippen LogP contribution in [0.5, 0.6) is 5.75 Å². The van der Waals surface area contributed by atoms with Crippen LogP contribution in [0.4, 0.5) is 0 Å². The highest BCUT2D eigenvalue weighted by Gasteiger charge is 2.21. The molecule has 33 heavy (non-hydrogen) atoms. The van der Waals surface area contributed by atoms with Crippen LogP contribution in [0.25, 0.3) is 22.2 Å². The molecule has 2 aromatic carbocycles. The van der Waals surface area contributed by atoms with Crippen LogP contribution in [0.3, 0.4) is 0 Å². The predicted octanol–water partition coefficient (Wildman–Crippen LogP) is 5.15. The molecule has 5 rings (SSSR count). The Morgan fingerprint density at radius 3 is 2.85 bits per heavy atom. The van der Waals surface area contributed by atoms with Crippen molar-refractivity contribution in [3.63, 3.8) is 0 Å². The van der Waals surface area contributed by atoms with Gasteiger partial charge in [0.05, 0.1) is 35.6 Å². The summed E-state index contributed by atoms with van der Waals surface area (Å²) in [6, 6.07) is 14.2. The molecule has 1 aliphatic rings. The molecule has 3 heterocycles. The van der Waals surface area contributed by atoms with E-state index >= 15 is 0 Å². The van der Waals surface area contributed by atoms with Crippen molar-refractivity contribution in [3.8, 4) is 23.1 Å². The summed E-state index contributed by atoms with van der Waals surface area (Å²) in [5.74, 6) is 1.05. The summed E-state index contributed by atoms with van der Waals surface area (Å²) < 4.78 is 11.9. The minimum Gasteiger partial charge on any atom is -0.486 e. The summed E-state index contributed by atoms with van der Waals surface area (Å²) in [5, 5.41) is 26.4. The molecule has 1 N–H and O–H groups in total. The molecule has 0 radical (unpaired) electrons. The molecule has 0 spiro atoms. The molecule has 7 heteroatoms. The Morgan fingerprint density at radius 1 is 1.21 bits per heavy atom. The van der Waals surface area contributed by atoms with E-state index in [4.69, 9.17) is 9.47 Å². The number of rotatable bonds is 5. The molecule has 1 saturated heterocycles. The van der Waals surface area contributed by atoms with E-state index in [1.807, 2.05) is 51.1 Å². The normalized spacial score (nSPS) is 16.6. The lowest BCUT2D eigenvalue weighted by atomic mass is 9.93. The Hall–Kier alpha value is -3.76. The van der Waals surface area contributed by atoms with Gasteiger partial charge in [0.1, 0.15) is 17.5 Å². The summed E-state index contributed by atoms with van der Waals surface area (Å²) in [6.07, 6.45) is 2.55. The van der Waals surface area contributed by atoms with Crippen LogP contribution in [0.15, 0.2) is 42.6 Å². The molecule has 1 aliphatic heterocycles. The van der Waals surface area contributed by atoms with E-state index in [9.17, 15) is 5.26 Å². The van der Waals surface area contributed by atoms with Gasteiger partial charge >= 0.3 is 0 Å². The number of H-pyrrole nitrogens is 1. The molecule has 1 fully saturated rings. The average molecular weight is 440 g/mol. The first-order valence-electron chi connectivity index (χ1n) is 11.1. The van der Waals surface area contributed by atoms with E-state index in [1.54, 1.807) is 6.20 Å². The third-order valence-electron chi connectivity index (χ3n) is 6.29. The largest absolute Gasteiger partial charge is 0.486 e. The van der Waals surface area contributed by atoms with E-state index < -0.39 is 0 Å². The fourth-order valence-electron chi connectivity index (χ4n) is 4.66. The minimum absolute atomic E-state index is 0.177. The van der Waals surface area contributed by atoms with Crippen molar-refractivity contribution in [3.05, 3.63) is 70.5 Å². The fourth-order valence-corrected chi connectivity index (χ4v) is 4.66. The molecule has 2 aromatic heterocycles. The number of ether oxygens (including phenoxy) is 2. The molecule has 2 atom stereocenters. The van der Waals surface area contributed by atoms with Crippen molar-refractivity contribution < 1.29 is 9.47 Å². The Labute approximate surface area is 192 Å². The van der Waals surface area contributed by atoms with Crippen molar-refractivity contribution in [1.29, 1.82) is 5.26 Å². The van der Waals surface area contributed by atoms with E-state index in [1.165, 1.54) is 0 Å². The number of hydrogen-bond donors (Lipinski definition) is 1. The molecule has 0 bridgehead atoms. The first-order valence-corrected chi connectivity index (χ1v) is 11.1. The smallest absolute Gasteiger partial charge is 0.123 e. The third-order valence-corrected chi connectivity index (χ3v) is 6.29. The van der Waals surface area contributed by atoms with Gasteiger partial charge in [-0.3, -0.25) is 5.10 Å². The predicted molar refractivity (Wildman–Crippen MR) is 125 cm³/mol. The van der Waals surface area contributed by atoms with Crippen LogP contribution in [0, 0.1) is 25.2 Å². The highest BCUT2D eigenvalue weighted by molar-refractivity contribution is 5.94. The van der Waals surface area contributed by atoms with Gasteiger partial charge in [0.2, 0.25) is 0 Å². The third kappa shape index (κ3) is 4.06. The van der Waals surface area contributed by atoms with Gasteiger partial charge in [0, 0.05) is 29.0 Å². The Morgan fingerprint density at radius 2 is 2.09 bits per heavy atom. The number of nitrogens with one attached hydrogen (secondary N) is 1. The number of nitrogens with zero attached hydrogens (tertiary/aromatic N) is 4. The summed E-state index contributed by atoms with van der Waals surface area (Å²) >= 11 is 0. The first kappa shape index (κ1) is 21.1. The maximum absolute atomic E-state index is 9.60. The van der Waals surface area contributed by atoms with Gasteiger partial charge in [-0.15, -0.1) is 0 Å². The lowest BCUT2D eigenvalue weighted by molar-refractivity contribution is 0.194. The van der Waals surface area contributed by atoms with Gasteiger partial charge in [-0.2, -0.15) is 20.6 Å². The summed E-state index contributed by atoms with van der Waals surface area (Å²) in [5.41, 5.74) is 7.34. The topological polar surface area (TPSA) is 96.7 Å². The molecular formula is C26H25N5O2. The first-order chi connectivity index (χ1) is 16.0. The maximum Gasteiger partial charge on any atom is 0.123 e. The van der Waals surface area contributed by atoms with E-state index in [-0.39, 0.29) is 6.10 Å². The molecule has 0 aliphatic carbocycles. The van der Waals surface area contributed by atoms with Crippen LogP contribution in [-0.4, -0.2) is 33.6 Å². The second kappa shape index (κ2) is 8.64. The summed E-state index contributed by atoms with van der Waals surface area (Å²) in [7, 11) is 0. The second-order valence-corrected chi connectivity index (χ2v) is 8.58. The number of fused-ring (bicyclic) bond motifs is 1. The standard InChI is InChI=1S/C26H25N5O2/c1-15-13-28-29-16(2)25(15)17(3)33-22-4-5-24-23(11-22)26(31-30-24)21-9-18(12-27)8-20(10-21)19-6-7-32-14-19/h4-5,8-11,13,17,19H,6-7,14H2,1-3H3,(H,30,31)/t17-,19?/m1/s1. The van der Waals surface area contributed by atoms with Crippen molar-refractivity contribution in [2.24, 2.45) is 0 Å². The number of aryl methyl sites for hydroxylation is 2. The molecule has 0 saturated carbocycles. The average Bonchev–Trinajstić information content (AvgIpc) is 3.49. The zero-order valence-corrected chi connectivity index (χ0v) is 18.9. The lowest BCUT2D eigenvalue weighted by Gasteiger charge is -2.18. The minimum atomic E-state index is -0.177. The Balaban J connectivity index is 1.52. The number of aromatic amines is 1. The van der Waals surface area contributed by atoms with Crippen LogP contribution in [-0.2, 0) is 4.74 Å². The number of hydrogen-bond acceptors (Lipinski definition) is 6. The second-order valence-electron chi connectivity index (χ2n) is 8.58. The monoisotopic (exact) mass is 439 g/mol. The molecular weight excluding hydrogens is 414 g/mol. The number of aromatic nitrogens is 4. The maximum atomic E-state index is 9.60. The lowest BCUT2D eigenvalue weighted by Crippen LogP contribution is -2.09. The van der Waals surface area contributed by atoms with Crippen LogP contribution in [0.2, 0.25) is 0 Å². The van der Waals surface area contributed by atoms with E-state index in [0.29, 0.717) is 18.1 Å². The van der Waals surface area contributed by atoms with Crippen molar-refractivity contribution >= 4 is 10.9 Å². The molecule has 0 amide bonds. The molecule has 4 aromatic rings. The molecule has 166 valence electrons. The highest BCUT2D eigenvalue weighted by Crippen LogP contribution is 2.35. The summed E-state index contributed by atoms with van der Waals surface area (Å²) in [6.45, 7) is 7.43. The van der Waals surface area contributed by atoms with E-state index in [2.05, 4.69) is 32.5 Å². The van der Waals surface area contributed by atoms with Gasteiger partial charge in [-0.25, -0.2) is 0 Å². The zero-order valence-electron chi connectivity index (χ0n) is 18.9. The van der Waals surface area contributed by atoms with Crippen LogP contribution < -0.4 is 4.74 Å². The van der Waals surface area contributed by atoms with Crippen molar-refractivity contribution in [2.75, 3.05) is 13.2 Å². The van der Waals surface area contributed by atoms with Gasteiger partial charge in [0.15, 0.2) is 0 Å². The van der Waals surface area contributed by atoms with Gasteiger partial charge < -0.3 is 9.47 Å². The Bertz CT molecular complexity index is 1340. The zero-order chi connectivity index (χ0) is 22.9. The molecule has 1 unspecified atom stereocenters. The van der Waals surface area contributed by atoms with Gasteiger partial charge in [0.25, 0.3) is 0 Å². The van der Waals surface area contributed by atoms with Crippen LogP contribution >= 0.6 is 0 Å². The number of nitriles is 1. The number of benzene rings is 2. The van der Waals surface area contributed by atoms with E-state index in [0.717, 1.165) is 63.3 Å². The van der Waals surface area contributed by atoms with Crippen LogP contribution in [0.1, 0.15) is 53.3 Å². The fraction of sp³-hybridized carbons (Fsp3) is 0.308. The SMILES string of the molecule is Cc1cnnc(C)c1[C@@H](C)Oc1ccc2[nH]nc(-c3cc(C#N)cc(C4CCOC4)c3)c2c1. The quantitative estimate of drug-likeness (QED) is 0.462.